The van der Waals surface area contributed by atoms with Crippen molar-refractivity contribution >= 4 is 46.6 Å². The van der Waals surface area contributed by atoms with Crippen LogP contribution in [0, 0.1) is 0 Å². The molecule has 27 heavy (non-hydrogen) atoms. The van der Waals surface area contributed by atoms with Crippen molar-refractivity contribution in [3.63, 3.8) is 0 Å². The maximum absolute atomic E-state index is 11.6. The first-order valence-corrected chi connectivity index (χ1v) is 9.71. The van der Waals surface area contributed by atoms with Crippen molar-refractivity contribution in [3.05, 3.63) is 77.4 Å². The van der Waals surface area contributed by atoms with Gasteiger partial charge in [-0.1, -0.05) is 42.1 Å². The Morgan fingerprint density at radius 1 is 1.04 bits per heavy atom. The van der Waals surface area contributed by atoms with Crippen LogP contribution >= 0.6 is 23.5 Å². The van der Waals surface area contributed by atoms with Gasteiger partial charge in [0, 0.05) is 11.0 Å². The number of fused-ring (bicyclic) bond motifs is 1. The number of aromatic amines is 1. The summed E-state index contributed by atoms with van der Waals surface area (Å²) in [6.07, 6.45) is 1.51. The van der Waals surface area contributed by atoms with Crippen LogP contribution in [0.2, 0.25) is 0 Å². The first-order valence-electron chi connectivity index (χ1n) is 8.08. The van der Waals surface area contributed by atoms with Crippen molar-refractivity contribution in [3.8, 4) is 0 Å². The Labute approximate surface area is 163 Å². The van der Waals surface area contributed by atoms with Crippen LogP contribution in [0.15, 0.2) is 91.2 Å². The van der Waals surface area contributed by atoms with Gasteiger partial charge in [-0.05, 0) is 48.2 Å². The number of rotatable bonds is 6. The van der Waals surface area contributed by atoms with Crippen molar-refractivity contribution < 1.29 is 14.3 Å². The number of carbonyl (C=O) groups is 1. The van der Waals surface area contributed by atoms with Crippen LogP contribution in [-0.4, -0.2) is 21.0 Å². The molecule has 2 aromatic heterocycles. The van der Waals surface area contributed by atoms with Crippen molar-refractivity contribution in [1.29, 1.82) is 0 Å². The molecule has 0 amide bonds. The smallest absolute Gasteiger partial charge is 0.342 e. The molecule has 0 fully saturated rings. The fraction of sp³-hybridized carbons (Fsp3) is 0. The topological polar surface area (TPSA) is 79.1 Å². The molecular weight excluding hydrogens is 380 g/mol. The van der Waals surface area contributed by atoms with Crippen LogP contribution in [0.5, 0.6) is 0 Å². The molecule has 5 nitrogen and oxygen atoms in total. The van der Waals surface area contributed by atoms with Gasteiger partial charge in [0.05, 0.1) is 11.0 Å². The molecule has 0 unspecified atom stereocenters. The molecule has 0 atom stereocenters. The molecule has 4 rings (SSSR count). The Balaban J connectivity index is 1.55. The number of carboxylic acids is 1. The summed E-state index contributed by atoms with van der Waals surface area (Å²) in [5.41, 5.74) is 1.66. The second-order valence-corrected chi connectivity index (χ2v) is 7.66. The molecule has 134 valence electrons. The molecule has 0 radical (unpaired) electrons. The van der Waals surface area contributed by atoms with Gasteiger partial charge in [0.2, 0.25) is 0 Å². The number of para-hydroxylation sites is 2. The van der Waals surface area contributed by atoms with Crippen LogP contribution in [0.3, 0.4) is 0 Å². The molecule has 2 aromatic carbocycles. The SMILES string of the molecule is O=C(O)/C(=C/c1ccc(Sc2ccccc2)o1)Sc1nc2ccccc2[nH]1. The maximum Gasteiger partial charge on any atom is 0.342 e. The van der Waals surface area contributed by atoms with E-state index in [1.165, 1.54) is 17.8 Å². The highest BCUT2D eigenvalue weighted by Crippen LogP contribution is 2.32. The van der Waals surface area contributed by atoms with Crippen LogP contribution in [0.4, 0.5) is 0 Å². The van der Waals surface area contributed by atoms with Gasteiger partial charge in [0.1, 0.15) is 10.7 Å². The number of carboxylic acid groups (broad SMARTS) is 1. The Morgan fingerprint density at radius 3 is 2.59 bits per heavy atom. The monoisotopic (exact) mass is 394 g/mol. The second kappa shape index (κ2) is 7.77. The van der Waals surface area contributed by atoms with Gasteiger partial charge >= 0.3 is 5.97 Å². The normalized spacial score (nSPS) is 11.8. The first-order chi connectivity index (χ1) is 13.2. The Hall–Kier alpha value is -2.90. The molecule has 0 aliphatic rings. The third-order valence-electron chi connectivity index (χ3n) is 3.62. The van der Waals surface area contributed by atoms with Crippen molar-refractivity contribution in [2.75, 3.05) is 0 Å². The van der Waals surface area contributed by atoms with Crippen LogP contribution in [0.25, 0.3) is 17.1 Å². The third-order valence-corrected chi connectivity index (χ3v) is 5.45. The zero-order valence-corrected chi connectivity index (χ0v) is 15.6. The minimum Gasteiger partial charge on any atom is -0.477 e. The largest absolute Gasteiger partial charge is 0.477 e. The maximum atomic E-state index is 11.6. The van der Waals surface area contributed by atoms with Gasteiger partial charge in [0.25, 0.3) is 0 Å². The van der Waals surface area contributed by atoms with E-state index in [1.54, 1.807) is 6.07 Å². The summed E-state index contributed by atoms with van der Waals surface area (Å²) in [6, 6.07) is 21.0. The van der Waals surface area contributed by atoms with Gasteiger partial charge < -0.3 is 14.5 Å². The molecule has 0 saturated carbocycles. The molecule has 0 aliphatic heterocycles. The lowest BCUT2D eigenvalue weighted by Crippen LogP contribution is -1.96. The summed E-state index contributed by atoms with van der Waals surface area (Å²) in [5, 5.41) is 10.8. The van der Waals surface area contributed by atoms with E-state index in [4.69, 9.17) is 4.42 Å². The third kappa shape index (κ3) is 4.27. The quantitative estimate of drug-likeness (QED) is 0.331. The fourth-order valence-corrected chi connectivity index (χ4v) is 3.99. The zero-order chi connectivity index (χ0) is 18.6. The number of hydrogen-bond acceptors (Lipinski definition) is 5. The molecule has 0 saturated heterocycles. The van der Waals surface area contributed by atoms with E-state index in [1.807, 2.05) is 60.7 Å². The number of aromatic nitrogens is 2. The summed E-state index contributed by atoms with van der Waals surface area (Å²) in [6.45, 7) is 0. The number of imidazole rings is 1. The van der Waals surface area contributed by atoms with Gasteiger partial charge in [-0.15, -0.1) is 0 Å². The fourth-order valence-electron chi connectivity index (χ4n) is 2.42. The number of nitrogens with one attached hydrogen (secondary N) is 1. The highest BCUT2D eigenvalue weighted by atomic mass is 32.2. The number of benzene rings is 2. The van der Waals surface area contributed by atoms with Gasteiger partial charge in [-0.2, -0.15) is 0 Å². The Kier molecular flexibility index (Phi) is 5.04. The lowest BCUT2D eigenvalue weighted by molar-refractivity contribution is -0.131. The molecular formula is C20H14N2O3S2. The van der Waals surface area contributed by atoms with E-state index in [0.717, 1.165) is 27.7 Å². The summed E-state index contributed by atoms with van der Waals surface area (Å²) in [7, 11) is 0. The molecule has 4 aromatic rings. The Morgan fingerprint density at radius 2 is 1.81 bits per heavy atom. The van der Waals surface area contributed by atoms with Gasteiger partial charge in [0.15, 0.2) is 10.2 Å². The van der Waals surface area contributed by atoms with Crippen LogP contribution in [0.1, 0.15) is 5.76 Å². The highest BCUT2D eigenvalue weighted by molar-refractivity contribution is 8.04. The molecule has 7 heteroatoms. The van der Waals surface area contributed by atoms with Crippen LogP contribution in [-0.2, 0) is 4.79 Å². The van der Waals surface area contributed by atoms with Gasteiger partial charge in [-0.3, -0.25) is 0 Å². The average molecular weight is 394 g/mol. The van der Waals surface area contributed by atoms with E-state index < -0.39 is 5.97 Å². The standard InChI is InChI=1S/C20H14N2O3S2/c23-19(24)17(27-20-21-15-8-4-5-9-16(15)22-20)12-13-10-11-18(25-13)26-14-6-2-1-3-7-14/h1-12H,(H,21,22)(H,23,24)/b17-12-. The van der Waals surface area contributed by atoms with Gasteiger partial charge in [-0.25, -0.2) is 9.78 Å². The second-order valence-electron chi connectivity index (χ2n) is 5.55. The minimum absolute atomic E-state index is 0.125. The zero-order valence-electron chi connectivity index (χ0n) is 14.0. The summed E-state index contributed by atoms with van der Waals surface area (Å²) in [5.74, 6) is -0.552. The highest BCUT2D eigenvalue weighted by Gasteiger charge is 2.14. The Bertz CT molecular complexity index is 1080. The average Bonchev–Trinajstić information content (AvgIpc) is 3.28. The van der Waals surface area contributed by atoms with E-state index in [-0.39, 0.29) is 4.91 Å². The van der Waals surface area contributed by atoms with E-state index in [2.05, 4.69) is 9.97 Å². The van der Waals surface area contributed by atoms with Crippen LogP contribution < -0.4 is 0 Å². The molecule has 0 bridgehead atoms. The molecule has 2 N–H and O–H groups in total. The van der Waals surface area contributed by atoms with Crippen molar-refractivity contribution in [2.45, 2.75) is 15.1 Å². The number of thioether (sulfide) groups is 1. The lowest BCUT2D eigenvalue weighted by Gasteiger charge is -1.99. The minimum atomic E-state index is -1.03. The summed E-state index contributed by atoms with van der Waals surface area (Å²) in [4.78, 5) is 20.3. The van der Waals surface area contributed by atoms with Crippen molar-refractivity contribution in [2.24, 2.45) is 0 Å². The predicted molar refractivity (Wildman–Crippen MR) is 107 cm³/mol. The lowest BCUT2D eigenvalue weighted by atomic mass is 10.3. The van der Waals surface area contributed by atoms with E-state index in [0.29, 0.717) is 16.0 Å². The molecule has 0 aliphatic carbocycles. The number of aliphatic carboxylic acids is 1. The molecule has 0 spiro atoms. The number of nitrogens with zero attached hydrogens (tertiary/aromatic N) is 1. The van der Waals surface area contributed by atoms with Crippen molar-refractivity contribution in [1.82, 2.24) is 9.97 Å². The van der Waals surface area contributed by atoms with E-state index in [9.17, 15) is 9.90 Å². The number of furan rings is 1. The first kappa shape index (κ1) is 17.5. The number of hydrogen-bond donors (Lipinski definition) is 2. The summed E-state index contributed by atoms with van der Waals surface area (Å²) < 4.78 is 5.74. The van der Waals surface area contributed by atoms with E-state index >= 15 is 0 Å². The predicted octanol–water partition coefficient (Wildman–Crippen LogP) is 5.52. The summed E-state index contributed by atoms with van der Waals surface area (Å²) >= 11 is 2.54. The molecule has 2 heterocycles. The number of H-pyrrole nitrogens is 1.